The molecule has 0 saturated carbocycles. The number of nitriles is 1. The maximum absolute atomic E-state index is 11.5. The van der Waals surface area contributed by atoms with Crippen LogP contribution < -0.4 is 5.32 Å². The van der Waals surface area contributed by atoms with Crippen molar-refractivity contribution in [2.24, 2.45) is 0 Å². The van der Waals surface area contributed by atoms with Crippen molar-refractivity contribution in [3.8, 4) is 6.07 Å². The van der Waals surface area contributed by atoms with Crippen LogP contribution in [0.5, 0.6) is 0 Å². The maximum Gasteiger partial charge on any atom is 0.230 e. The highest BCUT2D eigenvalue weighted by molar-refractivity contribution is 8.00. The predicted molar refractivity (Wildman–Crippen MR) is 71.4 cm³/mol. The first-order valence-corrected chi connectivity index (χ1v) is 7.12. The highest BCUT2D eigenvalue weighted by Gasteiger charge is 2.08. The second kappa shape index (κ2) is 6.33. The lowest BCUT2D eigenvalue weighted by molar-refractivity contribution is -0.118. The molecular formula is C11H10N4OS2. The molecule has 1 N–H and O–H groups in total. The van der Waals surface area contributed by atoms with Gasteiger partial charge in [0.2, 0.25) is 5.91 Å². The molecular weight excluding hydrogens is 268 g/mol. The molecule has 0 fully saturated rings. The van der Waals surface area contributed by atoms with Gasteiger partial charge in [-0.25, -0.2) is 9.97 Å². The number of carbonyl (C=O) groups excluding carboxylic acids is 1. The molecule has 0 aliphatic rings. The number of thiophene rings is 1. The zero-order chi connectivity index (χ0) is 12.8. The molecule has 0 radical (unpaired) electrons. The SMILES string of the molecule is N#CCCNC(=O)CSc1ncnc2sccc12. The smallest absolute Gasteiger partial charge is 0.230 e. The van der Waals surface area contributed by atoms with Gasteiger partial charge in [0.15, 0.2) is 0 Å². The zero-order valence-corrected chi connectivity index (χ0v) is 11.1. The van der Waals surface area contributed by atoms with Crippen LogP contribution in [0, 0.1) is 11.3 Å². The molecule has 92 valence electrons. The average molecular weight is 278 g/mol. The summed E-state index contributed by atoms with van der Waals surface area (Å²) >= 11 is 2.93. The molecule has 0 aromatic carbocycles. The summed E-state index contributed by atoms with van der Waals surface area (Å²) in [4.78, 5) is 20.7. The van der Waals surface area contributed by atoms with E-state index < -0.39 is 0 Å². The molecule has 0 aliphatic carbocycles. The number of hydrogen-bond acceptors (Lipinski definition) is 6. The van der Waals surface area contributed by atoms with Crippen molar-refractivity contribution in [1.29, 1.82) is 5.26 Å². The minimum absolute atomic E-state index is 0.0859. The number of nitrogens with one attached hydrogen (secondary N) is 1. The third-order valence-electron chi connectivity index (χ3n) is 2.12. The van der Waals surface area contributed by atoms with Gasteiger partial charge in [0.05, 0.1) is 18.2 Å². The van der Waals surface area contributed by atoms with Crippen LogP contribution in [0.4, 0.5) is 0 Å². The zero-order valence-electron chi connectivity index (χ0n) is 9.42. The van der Waals surface area contributed by atoms with Crippen molar-refractivity contribution in [3.63, 3.8) is 0 Å². The summed E-state index contributed by atoms with van der Waals surface area (Å²) in [5.74, 6) is 0.213. The van der Waals surface area contributed by atoms with E-state index in [4.69, 9.17) is 5.26 Å². The van der Waals surface area contributed by atoms with E-state index in [1.54, 1.807) is 11.3 Å². The minimum atomic E-state index is -0.0859. The number of thioether (sulfide) groups is 1. The minimum Gasteiger partial charge on any atom is -0.354 e. The molecule has 0 saturated heterocycles. The summed E-state index contributed by atoms with van der Waals surface area (Å²) in [6.07, 6.45) is 1.84. The van der Waals surface area contributed by atoms with Gasteiger partial charge in [-0.2, -0.15) is 5.26 Å². The molecule has 0 atom stereocenters. The monoisotopic (exact) mass is 278 g/mol. The molecule has 0 aliphatic heterocycles. The van der Waals surface area contributed by atoms with Gasteiger partial charge in [-0.15, -0.1) is 11.3 Å². The van der Waals surface area contributed by atoms with Gasteiger partial charge in [-0.1, -0.05) is 11.8 Å². The van der Waals surface area contributed by atoms with Gasteiger partial charge in [-0.05, 0) is 11.4 Å². The van der Waals surface area contributed by atoms with Crippen molar-refractivity contribution in [2.75, 3.05) is 12.3 Å². The first-order valence-electron chi connectivity index (χ1n) is 5.26. The van der Waals surface area contributed by atoms with Crippen molar-refractivity contribution in [3.05, 3.63) is 17.8 Å². The Labute approximate surface area is 112 Å². The van der Waals surface area contributed by atoms with E-state index in [0.29, 0.717) is 18.7 Å². The predicted octanol–water partition coefficient (Wildman–Crippen LogP) is 1.81. The second-order valence-corrected chi connectivity index (χ2v) is 5.22. The molecule has 2 aromatic heterocycles. The molecule has 0 unspecified atom stereocenters. The molecule has 2 aromatic rings. The standard InChI is InChI=1S/C11H10N4OS2/c12-3-1-4-13-9(16)6-18-11-8-2-5-17-10(8)14-7-15-11/h2,5,7H,1,4,6H2,(H,13,16). The lowest BCUT2D eigenvalue weighted by atomic mass is 10.4. The Hall–Kier alpha value is -1.65. The first-order chi connectivity index (χ1) is 8.81. The summed E-state index contributed by atoms with van der Waals surface area (Å²) < 4.78 is 0. The van der Waals surface area contributed by atoms with Crippen LogP contribution in [0.3, 0.4) is 0 Å². The Morgan fingerprint density at radius 1 is 1.56 bits per heavy atom. The normalized spacial score (nSPS) is 10.2. The number of amides is 1. The highest BCUT2D eigenvalue weighted by atomic mass is 32.2. The van der Waals surface area contributed by atoms with Crippen LogP contribution in [0.1, 0.15) is 6.42 Å². The Kier molecular flexibility index (Phi) is 4.50. The largest absolute Gasteiger partial charge is 0.354 e. The van der Waals surface area contributed by atoms with Crippen LogP contribution >= 0.6 is 23.1 Å². The Balaban J connectivity index is 1.92. The second-order valence-electron chi connectivity index (χ2n) is 3.36. The maximum atomic E-state index is 11.5. The number of rotatable bonds is 5. The van der Waals surface area contributed by atoms with E-state index in [1.165, 1.54) is 18.1 Å². The van der Waals surface area contributed by atoms with E-state index in [-0.39, 0.29) is 5.91 Å². The Bertz CT molecular complexity index is 590. The molecule has 0 bridgehead atoms. The van der Waals surface area contributed by atoms with Crippen molar-refractivity contribution >= 4 is 39.2 Å². The molecule has 2 heterocycles. The van der Waals surface area contributed by atoms with Crippen LogP contribution in [-0.2, 0) is 4.79 Å². The Morgan fingerprint density at radius 2 is 2.44 bits per heavy atom. The number of aromatic nitrogens is 2. The number of hydrogen-bond donors (Lipinski definition) is 1. The van der Waals surface area contributed by atoms with Gasteiger partial charge in [0.25, 0.3) is 0 Å². The average Bonchev–Trinajstić information content (AvgIpc) is 2.85. The summed E-state index contributed by atoms with van der Waals surface area (Å²) in [6, 6.07) is 3.93. The van der Waals surface area contributed by atoms with Crippen LogP contribution in [-0.4, -0.2) is 28.2 Å². The number of fused-ring (bicyclic) bond motifs is 1. The number of carbonyl (C=O) groups is 1. The first kappa shape index (κ1) is 12.8. The molecule has 0 spiro atoms. The van der Waals surface area contributed by atoms with E-state index in [0.717, 1.165) is 15.2 Å². The van der Waals surface area contributed by atoms with E-state index in [1.807, 2.05) is 17.5 Å². The lowest BCUT2D eigenvalue weighted by Crippen LogP contribution is -2.25. The van der Waals surface area contributed by atoms with E-state index >= 15 is 0 Å². The van der Waals surface area contributed by atoms with Gasteiger partial charge in [-0.3, -0.25) is 4.79 Å². The lowest BCUT2D eigenvalue weighted by Gasteiger charge is -2.03. The molecule has 18 heavy (non-hydrogen) atoms. The molecule has 7 heteroatoms. The summed E-state index contributed by atoms with van der Waals surface area (Å²) in [6.45, 7) is 0.396. The molecule has 5 nitrogen and oxygen atoms in total. The highest BCUT2D eigenvalue weighted by Crippen LogP contribution is 2.27. The number of nitrogens with zero attached hydrogens (tertiary/aromatic N) is 3. The fourth-order valence-corrected chi connectivity index (χ4v) is 2.93. The summed E-state index contributed by atoms with van der Waals surface area (Å²) in [7, 11) is 0. The van der Waals surface area contributed by atoms with Gasteiger partial charge < -0.3 is 5.32 Å². The van der Waals surface area contributed by atoms with Crippen molar-refractivity contribution in [2.45, 2.75) is 11.4 Å². The topological polar surface area (TPSA) is 78.7 Å². The molecule has 1 amide bonds. The Morgan fingerprint density at radius 3 is 3.28 bits per heavy atom. The third-order valence-corrected chi connectivity index (χ3v) is 3.95. The van der Waals surface area contributed by atoms with Gasteiger partial charge in [0.1, 0.15) is 16.2 Å². The third kappa shape index (κ3) is 3.18. The van der Waals surface area contributed by atoms with Crippen LogP contribution in [0.15, 0.2) is 22.8 Å². The molecule has 2 rings (SSSR count). The van der Waals surface area contributed by atoms with E-state index in [9.17, 15) is 4.79 Å². The quantitative estimate of drug-likeness (QED) is 0.512. The fourth-order valence-electron chi connectivity index (χ4n) is 1.33. The van der Waals surface area contributed by atoms with Crippen LogP contribution in [0.2, 0.25) is 0 Å². The van der Waals surface area contributed by atoms with Crippen molar-refractivity contribution in [1.82, 2.24) is 15.3 Å². The fraction of sp³-hybridized carbons (Fsp3) is 0.273. The van der Waals surface area contributed by atoms with Gasteiger partial charge in [0, 0.05) is 11.9 Å². The van der Waals surface area contributed by atoms with Crippen LogP contribution in [0.25, 0.3) is 10.2 Å². The van der Waals surface area contributed by atoms with E-state index in [2.05, 4.69) is 15.3 Å². The van der Waals surface area contributed by atoms with Crippen molar-refractivity contribution < 1.29 is 4.79 Å². The van der Waals surface area contributed by atoms with Gasteiger partial charge >= 0.3 is 0 Å². The summed E-state index contributed by atoms with van der Waals surface area (Å²) in [5.41, 5.74) is 0. The summed E-state index contributed by atoms with van der Waals surface area (Å²) in [5, 5.41) is 14.8.